The summed E-state index contributed by atoms with van der Waals surface area (Å²) < 4.78 is 10.5. The predicted octanol–water partition coefficient (Wildman–Crippen LogP) is 3.16. The van der Waals surface area contributed by atoms with Crippen LogP contribution in [0.4, 0.5) is 4.79 Å². The van der Waals surface area contributed by atoms with E-state index in [0.717, 1.165) is 36.2 Å². The molecule has 0 aromatic carbocycles. The van der Waals surface area contributed by atoms with E-state index in [1.165, 1.54) is 6.08 Å². The molecule has 160 valence electrons. The molecule has 30 heavy (non-hydrogen) atoms. The van der Waals surface area contributed by atoms with Crippen LogP contribution in [-0.4, -0.2) is 52.3 Å². The number of nitrogens with zero attached hydrogens (tertiary/aromatic N) is 3. The van der Waals surface area contributed by atoms with Gasteiger partial charge in [0.25, 0.3) is 5.71 Å². The molecule has 1 aliphatic heterocycles. The molecule has 0 radical (unpaired) electrons. The van der Waals surface area contributed by atoms with Crippen molar-refractivity contribution >= 4 is 29.2 Å². The lowest BCUT2D eigenvalue weighted by Gasteiger charge is -2.25. The number of amides is 2. The summed E-state index contributed by atoms with van der Waals surface area (Å²) in [6.45, 7) is 9.65. The van der Waals surface area contributed by atoms with Gasteiger partial charge in [0.2, 0.25) is 5.91 Å². The van der Waals surface area contributed by atoms with E-state index in [1.807, 2.05) is 33.8 Å². The number of ether oxygens (including phenoxy) is 1. The van der Waals surface area contributed by atoms with Gasteiger partial charge in [-0.05, 0) is 69.6 Å². The van der Waals surface area contributed by atoms with Crippen molar-refractivity contribution < 1.29 is 18.8 Å². The van der Waals surface area contributed by atoms with Crippen LogP contribution in [0.1, 0.15) is 38.4 Å². The van der Waals surface area contributed by atoms with Crippen LogP contribution in [0.3, 0.4) is 0 Å². The van der Waals surface area contributed by atoms with E-state index in [4.69, 9.17) is 9.26 Å². The van der Waals surface area contributed by atoms with Gasteiger partial charge >= 0.3 is 6.09 Å². The van der Waals surface area contributed by atoms with Crippen molar-refractivity contribution in [3.05, 3.63) is 29.6 Å². The van der Waals surface area contributed by atoms with Crippen molar-refractivity contribution in [2.24, 2.45) is 17.8 Å². The van der Waals surface area contributed by atoms with Crippen molar-refractivity contribution in [1.29, 1.82) is 0 Å². The van der Waals surface area contributed by atoms with Gasteiger partial charge in [-0.25, -0.2) is 9.78 Å². The van der Waals surface area contributed by atoms with Crippen molar-refractivity contribution in [2.45, 2.75) is 39.7 Å². The zero-order valence-electron chi connectivity index (χ0n) is 17.8. The van der Waals surface area contributed by atoms with Crippen molar-refractivity contribution in [3.63, 3.8) is 0 Å². The Kier molecular flexibility index (Phi) is 5.26. The fourth-order valence-electron chi connectivity index (χ4n) is 4.20. The van der Waals surface area contributed by atoms with Gasteiger partial charge in [-0.2, -0.15) is 0 Å². The molecule has 1 N–H and O–H groups in total. The number of carbonyl (C=O) groups excluding carboxylic acids is 2. The largest absolute Gasteiger partial charge is 0.444 e. The summed E-state index contributed by atoms with van der Waals surface area (Å²) in [6, 6.07) is 1.90. The highest BCUT2D eigenvalue weighted by molar-refractivity contribution is 5.92. The van der Waals surface area contributed by atoms with Gasteiger partial charge in [0.15, 0.2) is 0 Å². The van der Waals surface area contributed by atoms with Crippen LogP contribution < -0.4 is 5.32 Å². The lowest BCUT2D eigenvalue weighted by Crippen LogP contribution is -2.37. The second-order valence-electron chi connectivity index (χ2n) is 9.18. The molecule has 8 heteroatoms. The first kappa shape index (κ1) is 20.4. The minimum Gasteiger partial charge on any atom is -0.444 e. The number of rotatable bonds is 5. The number of aryl methyl sites for hydroxylation is 1. The SMILES string of the molecule is Cc1noc2ncc(/C=C/C(=O)NCCC3C4CN(C(=O)OC(C)(C)C)CC34)cc12. The molecule has 1 aliphatic carbocycles. The highest BCUT2D eigenvalue weighted by Gasteiger charge is 2.56. The number of fused-ring (bicyclic) bond motifs is 2. The Morgan fingerprint density at radius 3 is 2.77 bits per heavy atom. The maximum atomic E-state index is 12.1. The summed E-state index contributed by atoms with van der Waals surface area (Å²) in [6.07, 6.45) is 5.62. The maximum absolute atomic E-state index is 12.1. The van der Waals surface area contributed by atoms with E-state index in [0.29, 0.717) is 30.0 Å². The van der Waals surface area contributed by atoms with Crippen LogP contribution in [-0.2, 0) is 9.53 Å². The minimum atomic E-state index is -0.461. The molecule has 0 spiro atoms. The Morgan fingerprint density at radius 1 is 1.33 bits per heavy atom. The first-order chi connectivity index (χ1) is 14.2. The molecule has 2 amide bonds. The fourth-order valence-corrected chi connectivity index (χ4v) is 4.20. The monoisotopic (exact) mass is 412 g/mol. The van der Waals surface area contributed by atoms with E-state index < -0.39 is 5.60 Å². The number of aromatic nitrogens is 2. The number of hydrogen-bond donors (Lipinski definition) is 1. The molecule has 2 fully saturated rings. The van der Waals surface area contributed by atoms with E-state index in [1.54, 1.807) is 17.2 Å². The molecule has 3 heterocycles. The Balaban J connectivity index is 1.18. The number of pyridine rings is 1. The molecule has 2 aromatic heterocycles. The standard InChI is InChI=1S/C22H28N4O4/c1-13-16-9-14(10-24-20(16)30-25-13)5-6-19(27)23-8-7-15-17-11-26(12-18(15)17)21(28)29-22(2,3)4/h5-6,9-10,15,17-18H,7-8,11-12H2,1-4H3,(H,23,27)/b6-5+. The first-order valence-corrected chi connectivity index (χ1v) is 10.4. The summed E-state index contributed by atoms with van der Waals surface area (Å²) in [5.41, 5.74) is 1.63. The molecule has 8 nitrogen and oxygen atoms in total. The molecule has 0 bridgehead atoms. The molecule has 2 aromatic rings. The zero-order chi connectivity index (χ0) is 21.5. The number of nitrogens with one attached hydrogen (secondary N) is 1. The summed E-state index contributed by atoms with van der Waals surface area (Å²) in [7, 11) is 0. The van der Waals surface area contributed by atoms with E-state index in [-0.39, 0.29) is 12.0 Å². The molecule has 4 rings (SSSR count). The Hall–Kier alpha value is -2.90. The molecule has 2 aliphatic rings. The summed E-state index contributed by atoms with van der Waals surface area (Å²) in [5, 5.41) is 7.66. The molecule has 2 atom stereocenters. The molecular formula is C22H28N4O4. The summed E-state index contributed by atoms with van der Waals surface area (Å²) in [5.74, 6) is 1.53. The van der Waals surface area contributed by atoms with Crippen molar-refractivity contribution in [1.82, 2.24) is 20.4 Å². The average Bonchev–Trinajstić information content (AvgIpc) is 3.01. The van der Waals surface area contributed by atoms with Crippen LogP contribution in [0.25, 0.3) is 17.2 Å². The normalized spacial score (nSPS) is 23.1. The molecule has 1 saturated heterocycles. The second kappa shape index (κ2) is 7.74. The van der Waals surface area contributed by atoms with Crippen molar-refractivity contribution in [2.75, 3.05) is 19.6 Å². The Morgan fingerprint density at radius 2 is 2.07 bits per heavy atom. The smallest absolute Gasteiger partial charge is 0.410 e. The highest BCUT2D eigenvalue weighted by atomic mass is 16.6. The lowest BCUT2D eigenvalue weighted by molar-refractivity contribution is -0.116. The maximum Gasteiger partial charge on any atom is 0.410 e. The van der Waals surface area contributed by atoms with Gasteiger partial charge in [0.05, 0.1) is 11.1 Å². The molecular weight excluding hydrogens is 384 g/mol. The zero-order valence-corrected chi connectivity index (χ0v) is 17.8. The van der Waals surface area contributed by atoms with E-state index in [9.17, 15) is 9.59 Å². The van der Waals surface area contributed by atoms with Crippen LogP contribution in [0, 0.1) is 24.7 Å². The molecule has 2 unspecified atom stereocenters. The minimum absolute atomic E-state index is 0.127. The summed E-state index contributed by atoms with van der Waals surface area (Å²) in [4.78, 5) is 30.2. The van der Waals surface area contributed by atoms with Crippen LogP contribution >= 0.6 is 0 Å². The van der Waals surface area contributed by atoms with E-state index in [2.05, 4.69) is 15.5 Å². The number of likely N-dealkylation sites (tertiary alicyclic amines) is 1. The first-order valence-electron chi connectivity index (χ1n) is 10.4. The van der Waals surface area contributed by atoms with Gasteiger partial charge < -0.3 is 19.5 Å². The van der Waals surface area contributed by atoms with Gasteiger partial charge in [-0.15, -0.1) is 0 Å². The number of carbonyl (C=O) groups is 2. The third-order valence-corrected chi connectivity index (χ3v) is 5.76. The van der Waals surface area contributed by atoms with Gasteiger partial charge in [0.1, 0.15) is 5.60 Å². The van der Waals surface area contributed by atoms with Crippen LogP contribution in [0.2, 0.25) is 0 Å². The van der Waals surface area contributed by atoms with Crippen LogP contribution in [0.15, 0.2) is 22.9 Å². The Bertz CT molecular complexity index is 979. The van der Waals surface area contributed by atoms with Gasteiger partial charge in [-0.3, -0.25) is 4.79 Å². The summed E-state index contributed by atoms with van der Waals surface area (Å²) >= 11 is 0. The van der Waals surface area contributed by atoms with Crippen molar-refractivity contribution in [3.8, 4) is 0 Å². The van der Waals surface area contributed by atoms with Crippen LogP contribution in [0.5, 0.6) is 0 Å². The van der Waals surface area contributed by atoms with Gasteiger partial charge in [0, 0.05) is 31.9 Å². The third kappa shape index (κ3) is 4.47. The topological polar surface area (TPSA) is 97.6 Å². The number of piperidine rings is 1. The predicted molar refractivity (Wildman–Crippen MR) is 111 cm³/mol. The average molecular weight is 412 g/mol. The Labute approximate surface area is 175 Å². The fraction of sp³-hybridized carbons (Fsp3) is 0.545. The third-order valence-electron chi connectivity index (χ3n) is 5.76. The molecule has 1 saturated carbocycles. The van der Waals surface area contributed by atoms with E-state index >= 15 is 0 Å². The lowest BCUT2D eigenvalue weighted by atomic mass is 10.2. The second-order valence-corrected chi connectivity index (χ2v) is 9.18. The van der Waals surface area contributed by atoms with Gasteiger partial charge in [-0.1, -0.05) is 5.16 Å². The quantitative estimate of drug-likeness (QED) is 0.758. The highest BCUT2D eigenvalue weighted by Crippen LogP contribution is 2.53. The number of hydrogen-bond acceptors (Lipinski definition) is 6.